The fraction of sp³-hybridized carbons (Fsp3) is 1.00. The first-order valence-electron chi connectivity index (χ1n) is 7.16. The molecule has 1 fully saturated rings. The minimum absolute atomic E-state index is 0.0384. The van der Waals surface area contributed by atoms with Gasteiger partial charge in [0.25, 0.3) is 10.2 Å². The van der Waals surface area contributed by atoms with Gasteiger partial charge in [-0.3, -0.25) is 0 Å². The Kier molecular flexibility index (Phi) is 5.79. The Morgan fingerprint density at radius 3 is 2.37 bits per heavy atom. The predicted molar refractivity (Wildman–Crippen MR) is 79.3 cm³/mol. The van der Waals surface area contributed by atoms with E-state index in [0.717, 1.165) is 13.0 Å². The highest BCUT2D eigenvalue weighted by molar-refractivity contribution is 7.87. The van der Waals surface area contributed by atoms with E-state index in [1.807, 2.05) is 34.6 Å². The Balaban J connectivity index is 2.76. The van der Waals surface area contributed by atoms with Crippen LogP contribution in [0.4, 0.5) is 0 Å². The Morgan fingerprint density at radius 2 is 1.95 bits per heavy atom. The average Bonchev–Trinajstić information content (AvgIpc) is 2.23. The molecular weight excluding hydrogens is 262 g/mol. The van der Waals surface area contributed by atoms with Gasteiger partial charge in [-0.2, -0.15) is 17.4 Å². The number of nitrogens with one attached hydrogen (secondary N) is 2. The van der Waals surface area contributed by atoms with Crippen LogP contribution in [0.15, 0.2) is 0 Å². The van der Waals surface area contributed by atoms with E-state index in [9.17, 15) is 8.42 Å². The summed E-state index contributed by atoms with van der Waals surface area (Å²) in [4.78, 5) is 0. The van der Waals surface area contributed by atoms with Crippen LogP contribution in [0.3, 0.4) is 0 Å². The van der Waals surface area contributed by atoms with Crippen LogP contribution in [0.2, 0.25) is 0 Å². The first-order chi connectivity index (χ1) is 8.62. The molecule has 1 rings (SSSR count). The van der Waals surface area contributed by atoms with Crippen LogP contribution < -0.4 is 10.0 Å². The van der Waals surface area contributed by atoms with E-state index in [0.29, 0.717) is 6.54 Å². The van der Waals surface area contributed by atoms with Gasteiger partial charge in [0, 0.05) is 24.2 Å². The van der Waals surface area contributed by atoms with Gasteiger partial charge in [-0.25, -0.2) is 0 Å². The van der Waals surface area contributed by atoms with Crippen molar-refractivity contribution < 1.29 is 8.42 Å². The van der Waals surface area contributed by atoms with Crippen molar-refractivity contribution in [1.82, 2.24) is 14.3 Å². The molecule has 19 heavy (non-hydrogen) atoms. The van der Waals surface area contributed by atoms with E-state index in [2.05, 4.69) is 10.0 Å². The molecule has 1 aliphatic heterocycles. The highest BCUT2D eigenvalue weighted by atomic mass is 32.2. The van der Waals surface area contributed by atoms with Crippen LogP contribution in [0.5, 0.6) is 0 Å². The summed E-state index contributed by atoms with van der Waals surface area (Å²) in [7, 11) is -3.44. The predicted octanol–water partition coefficient (Wildman–Crippen LogP) is 1.47. The summed E-state index contributed by atoms with van der Waals surface area (Å²) in [6.45, 7) is 11.0. The Hall–Kier alpha value is -0.170. The van der Waals surface area contributed by atoms with Crippen molar-refractivity contribution in [2.45, 2.75) is 71.5 Å². The minimum atomic E-state index is -3.44. The first-order valence-corrected chi connectivity index (χ1v) is 8.60. The quantitative estimate of drug-likeness (QED) is 0.806. The largest absolute Gasteiger partial charge is 0.313 e. The molecule has 0 saturated carbocycles. The maximum absolute atomic E-state index is 12.4. The van der Waals surface area contributed by atoms with Gasteiger partial charge in [0.05, 0.1) is 0 Å². The fourth-order valence-corrected chi connectivity index (χ4v) is 4.15. The zero-order valence-electron chi connectivity index (χ0n) is 12.9. The molecule has 1 heterocycles. The van der Waals surface area contributed by atoms with Crippen molar-refractivity contribution in [2.24, 2.45) is 0 Å². The normalized spacial score (nSPS) is 22.2. The highest BCUT2D eigenvalue weighted by Crippen LogP contribution is 2.14. The third-order valence-electron chi connectivity index (χ3n) is 3.13. The summed E-state index contributed by atoms with van der Waals surface area (Å²) in [5, 5.41) is 3.41. The molecule has 0 bridgehead atoms. The molecule has 0 aromatic carbocycles. The minimum Gasteiger partial charge on any atom is -0.313 e. The lowest BCUT2D eigenvalue weighted by atomic mass is 10.1. The van der Waals surface area contributed by atoms with E-state index in [-0.39, 0.29) is 12.1 Å². The Labute approximate surface area is 118 Å². The molecule has 0 aliphatic carbocycles. The topological polar surface area (TPSA) is 61.4 Å². The lowest BCUT2D eigenvalue weighted by Crippen LogP contribution is -2.55. The third kappa shape index (κ3) is 5.77. The smallest absolute Gasteiger partial charge is 0.280 e. The maximum Gasteiger partial charge on any atom is 0.280 e. The number of nitrogens with zero attached hydrogens (tertiary/aromatic N) is 1. The molecule has 0 radical (unpaired) electrons. The molecule has 0 aromatic rings. The first kappa shape index (κ1) is 16.9. The van der Waals surface area contributed by atoms with Gasteiger partial charge in [-0.05, 0) is 54.0 Å². The summed E-state index contributed by atoms with van der Waals surface area (Å²) in [6.07, 6.45) is 3.41. The molecule has 0 spiro atoms. The van der Waals surface area contributed by atoms with Crippen LogP contribution >= 0.6 is 0 Å². The zero-order valence-corrected chi connectivity index (χ0v) is 13.7. The molecule has 1 atom stereocenters. The second-order valence-electron chi connectivity index (χ2n) is 6.67. The zero-order chi connectivity index (χ0) is 14.7. The Morgan fingerprint density at radius 1 is 1.32 bits per heavy atom. The molecular formula is C13H29N3O2S. The van der Waals surface area contributed by atoms with Crippen LogP contribution in [0, 0.1) is 0 Å². The van der Waals surface area contributed by atoms with E-state index < -0.39 is 15.7 Å². The van der Waals surface area contributed by atoms with E-state index in [4.69, 9.17) is 0 Å². The molecule has 1 aliphatic rings. The van der Waals surface area contributed by atoms with Gasteiger partial charge in [-0.15, -0.1) is 0 Å². The van der Waals surface area contributed by atoms with Gasteiger partial charge in [0.2, 0.25) is 0 Å². The molecule has 2 N–H and O–H groups in total. The second-order valence-corrected chi connectivity index (χ2v) is 8.29. The van der Waals surface area contributed by atoms with Crippen molar-refractivity contribution in [1.29, 1.82) is 0 Å². The lowest BCUT2D eigenvalue weighted by Gasteiger charge is -2.34. The van der Waals surface area contributed by atoms with Gasteiger partial charge in [0.15, 0.2) is 0 Å². The maximum atomic E-state index is 12.4. The van der Waals surface area contributed by atoms with E-state index >= 15 is 0 Å². The van der Waals surface area contributed by atoms with Gasteiger partial charge >= 0.3 is 0 Å². The van der Waals surface area contributed by atoms with Crippen LogP contribution in [0.1, 0.15) is 53.9 Å². The summed E-state index contributed by atoms with van der Waals surface area (Å²) >= 11 is 0. The molecule has 0 aromatic heterocycles. The van der Waals surface area contributed by atoms with Gasteiger partial charge < -0.3 is 5.32 Å². The molecule has 114 valence electrons. The number of hydrogen-bond donors (Lipinski definition) is 2. The van der Waals surface area contributed by atoms with Crippen molar-refractivity contribution in [3.8, 4) is 0 Å². The van der Waals surface area contributed by atoms with Crippen molar-refractivity contribution in [3.63, 3.8) is 0 Å². The summed E-state index contributed by atoms with van der Waals surface area (Å²) < 4.78 is 29.2. The van der Waals surface area contributed by atoms with Crippen molar-refractivity contribution >= 4 is 10.2 Å². The number of hydrogen-bond acceptors (Lipinski definition) is 3. The fourth-order valence-electron chi connectivity index (χ4n) is 2.33. The van der Waals surface area contributed by atoms with Gasteiger partial charge in [0.1, 0.15) is 0 Å². The molecule has 1 unspecified atom stereocenters. The van der Waals surface area contributed by atoms with Crippen molar-refractivity contribution in [2.75, 3.05) is 13.1 Å². The molecule has 1 saturated heterocycles. The van der Waals surface area contributed by atoms with E-state index in [1.54, 1.807) is 4.31 Å². The summed E-state index contributed by atoms with van der Waals surface area (Å²) in [6, 6.07) is 0.233. The van der Waals surface area contributed by atoms with Crippen LogP contribution in [-0.2, 0) is 10.2 Å². The number of rotatable bonds is 5. The van der Waals surface area contributed by atoms with Crippen LogP contribution in [-0.4, -0.2) is 43.4 Å². The molecule has 0 amide bonds. The lowest BCUT2D eigenvalue weighted by molar-refractivity contribution is 0.275. The van der Waals surface area contributed by atoms with Gasteiger partial charge in [-0.1, -0.05) is 6.42 Å². The third-order valence-corrected chi connectivity index (χ3v) is 5.19. The monoisotopic (exact) mass is 291 g/mol. The molecule has 5 nitrogen and oxygen atoms in total. The highest BCUT2D eigenvalue weighted by Gasteiger charge is 2.31. The van der Waals surface area contributed by atoms with Crippen LogP contribution in [0.25, 0.3) is 0 Å². The number of piperidine rings is 1. The average molecular weight is 291 g/mol. The van der Waals surface area contributed by atoms with E-state index in [1.165, 1.54) is 12.8 Å². The molecule has 6 heteroatoms. The summed E-state index contributed by atoms with van der Waals surface area (Å²) in [5.74, 6) is 0. The second kappa shape index (κ2) is 6.52. The van der Waals surface area contributed by atoms with Crippen molar-refractivity contribution in [3.05, 3.63) is 0 Å². The summed E-state index contributed by atoms with van der Waals surface area (Å²) in [5.41, 5.74) is -0.452. The Bertz CT molecular complexity index is 368. The SMILES string of the molecule is CC(C)N(CC1CCCCN1)S(=O)(=O)NC(C)(C)C. The standard InChI is InChI=1S/C13H29N3O2S/c1-11(2)16(10-12-8-6-7-9-14-12)19(17,18)15-13(3,4)5/h11-12,14-15H,6-10H2,1-5H3.